The lowest BCUT2D eigenvalue weighted by atomic mass is 10.1. The predicted octanol–water partition coefficient (Wildman–Crippen LogP) is 1.32. The molecule has 0 unspecified atom stereocenters. The highest BCUT2D eigenvalue weighted by atomic mass is 16.1. The molecule has 0 aromatic carbocycles. The molecule has 3 heteroatoms. The molecule has 3 nitrogen and oxygen atoms in total. The molecule has 0 fully saturated rings. The Kier molecular flexibility index (Phi) is 5.07. The minimum atomic E-state index is 0.295. The van der Waals surface area contributed by atoms with Gasteiger partial charge < -0.3 is 5.32 Å². The van der Waals surface area contributed by atoms with Crippen molar-refractivity contribution < 1.29 is 4.79 Å². The van der Waals surface area contributed by atoms with Crippen LogP contribution in [0.2, 0.25) is 0 Å². The van der Waals surface area contributed by atoms with Crippen LogP contribution in [-0.4, -0.2) is 12.6 Å². The van der Waals surface area contributed by atoms with Gasteiger partial charge in [-0.25, -0.2) is 0 Å². The molecule has 1 amide bonds. The van der Waals surface area contributed by atoms with E-state index in [0.29, 0.717) is 12.3 Å². The molecule has 0 spiro atoms. The molecule has 0 atom stereocenters. The summed E-state index contributed by atoms with van der Waals surface area (Å²) >= 11 is 0. The Labute approximate surface area is 67.2 Å². The van der Waals surface area contributed by atoms with Gasteiger partial charge in [0.2, 0.25) is 6.41 Å². The van der Waals surface area contributed by atoms with Crippen molar-refractivity contribution in [3.05, 3.63) is 11.9 Å². The smallest absolute Gasteiger partial charge is 0.211 e. The average Bonchev–Trinajstić information content (AvgIpc) is 1.97. The molecule has 0 saturated heterocycles. The maximum atomic E-state index is 10.1. The molecule has 0 heterocycles. The second-order valence-corrected chi connectivity index (χ2v) is 2.41. The zero-order valence-corrected chi connectivity index (χ0v) is 7.16. The fourth-order valence-electron chi connectivity index (χ4n) is 0.576. The van der Waals surface area contributed by atoms with Crippen LogP contribution in [0, 0.1) is 5.92 Å². The first kappa shape index (κ1) is 9.88. The van der Waals surface area contributed by atoms with Gasteiger partial charge in [-0.05, 0) is 12.8 Å². The maximum absolute atomic E-state index is 10.1. The fraction of sp³-hybridized carbons (Fsp3) is 0.500. The molecule has 11 heavy (non-hydrogen) atoms. The van der Waals surface area contributed by atoms with Gasteiger partial charge in [0.25, 0.3) is 0 Å². The monoisotopic (exact) mass is 154 g/mol. The molecule has 1 N–H and O–H groups in total. The lowest BCUT2D eigenvalue weighted by Crippen LogP contribution is -2.14. The molecule has 0 aromatic heterocycles. The standard InChI is InChI=1S/C8H14N2O/c1-4-9-5-8(7(2)3)10-6-11/h4-7H,1-3H3,(H,10,11)/b8-5-,9-4-. The molecule has 0 bridgehead atoms. The molecule has 0 saturated carbocycles. The normalized spacial score (nSPS) is 12.5. The summed E-state index contributed by atoms with van der Waals surface area (Å²) in [5, 5.41) is 2.58. The van der Waals surface area contributed by atoms with E-state index in [1.165, 1.54) is 0 Å². The van der Waals surface area contributed by atoms with Crippen LogP contribution in [0.15, 0.2) is 16.9 Å². The molecule has 0 aliphatic carbocycles. The van der Waals surface area contributed by atoms with E-state index in [-0.39, 0.29) is 0 Å². The number of allylic oxidation sites excluding steroid dienone is 1. The van der Waals surface area contributed by atoms with E-state index in [1.54, 1.807) is 12.4 Å². The van der Waals surface area contributed by atoms with E-state index in [9.17, 15) is 4.79 Å². The highest BCUT2D eigenvalue weighted by molar-refractivity contribution is 5.55. The number of nitrogens with one attached hydrogen (secondary N) is 1. The lowest BCUT2D eigenvalue weighted by Gasteiger charge is -2.06. The second-order valence-electron chi connectivity index (χ2n) is 2.41. The Morgan fingerprint density at radius 3 is 2.55 bits per heavy atom. The SMILES string of the molecule is C/C=N\C=C(/NC=O)C(C)C. The third-order valence-electron chi connectivity index (χ3n) is 1.21. The molecule has 0 aromatic rings. The maximum Gasteiger partial charge on any atom is 0.211 e. The van der Waals surface area contributed by atoms with Gasteiger partial charge in [0, 0.05) is 18.1 Å². The van der Waals surface area contributed by atoms with Crippen LogP contribution in [0.4, 0.5) is 0 Å². The number of nitrogens with zero attached hydrogens (tertiary/aromatic N) is 1. The van der Waals surface area contributed by atoms with Crippen molar-refractivity contribution in [1.29, 1.82) is 0 Å². The van der Waals surface area contributed by atoms with Crippen LogP contribution in [0.3, 0.4) is 0 Å². The van der Waals surface area contributed by atoms with Crippen LogP contribution in [0.1, 0.15) is 20.8 Å². The molecular formula is C8H14N2O. The van der Waals surface area contributed by atoms with E-state index in [2.05, 4.69) is 10.3 Å². The Morgan fingerprint density at radius 1 is 1.55 bits per heavy atom. The summed E-state index contributed by atoms with van der Waals surface area (Å²) in [5.74, 6) is 0.295. The van der Waals surface area contributed by atoms with E-state index in [4.69, 9.17) is 0 Å². The quantitative estimate of drug-likeness (QED) is 0.481. The average molecular weight is 154 g/mol. The van der Waals surface area contributed by atoms with Crippen molar-refractivity contribution in [2.75, 3.05) is 0 Å². The van der Waals surface area contributed by atoms with E-state index in [0.717, 1.165) is 5.70 Å². The number of amides is 1. The number of hydrogen-bond donors (Lipinski definition) is 1. The van der Waals surface area contributed by atoms with Gasteiger partial charge >= 0.3 is 0 Å². The van der Waals surface area contributed by atoms with E-state index >= 15 is 0 Å². The van der Waals surface area contributed by atoms with Crippen molar-refractivity contribution >= 4 is 12.6 Å². The number of carbonyl (C=O) groups excluding carboxylic acids is 1. The van der Waals surface area contributed by atoms with Crippen LogP contribution in [0.5, 0.6) is 0 Å². The van der Waals surface area contributed by atoms with Gasteiger partial charge in [-0.15, -0.1) is 0 Å². The van der Waals surface area contributed by atoms with Crippen molar-refractivity contribution in [3.8, 4) is 0 Å². The number of aliphatic imine (C=N–C) groups is 1. The first-order valence-corrected chi connectivity index (χ1v) is 3.60. The highest BCUT2D eigenvalue weighted by Gasteiger charge is 1.99. The molecule has 62 valence electrons. The largest absolute Gasteiger partial charge is 0.331 e. The zero-order valence-electron chi connectivity index (χ0n) is 7.16. The Hall–Kier alpha value is -1.12. The van der Waals surface area contributed by atoms with Crippen LogP contribution in [0.25, 0.3) is 0 Å². The molecule has 0 radical (unpaired) electrons. The summed E-state index contributed by atoms with van der Waals surface area (Å²) in [5.41, 5.74) is 0.832. The van der Waals surface area contributed by atoms with Gasteiger partial charge in [0.05, 0.1) is 0 Å². The second kappa shape index (κ2) is 5.65. The third-order valence-corrected chi connectivity index (χ3v) is 1.21. The van der Waals surface area contributed by atoms with Gasteiger partial charge in [-0.1, -0.05) is 13.8 Å². The van der Waals surface area contributed by atoms with Crippen LogP contribution < -0.4 is 5.32 Å². The zero-order chi connectivity index (χ0) is 8.69. The number of hydrogen-bond acceptors (Lipinski definition) is 2. The first-order chi connectivity index (χ1) is 5.22. The Bertz CT molecular complexity index is 171. The van der Waals surface area contributed by atoms with Gasteiger partial charge in [0.15, 0.2) is 0 Å². The van der Waals surface area contributed by atoms with Crippen LogP contribution >= 0.6 is 0 Å². The minimum absolute atomic E-state index is 0.295. The summed E-state index contributed by atoms with van der Waals surface area (Å²) in [7, 11) is 0. The number of rotatable bonds is 4. The molecule has 0 aliphatic rings. The molecule has 0 rings (SSSR count). The van der Waals surface area contributed by atoms with Gasteiger partial charge in [0.1, 0.15) is 0 Å². The summed E-state index contributed by atoms with van der Waals surface area (Å²) in [6, 6.07) is 0. The van der Waals surface area contributed by atoms with E-state index in [1.807, 2.05) is 20.8 Å². The molecular weight excluding hydrogens is 140 g/mol. The highest BCUT2D eigenvalue weighted by Crippen LogP contribution is 2.04. The number of carbonyl (C=O) groups is 1. The van der Waals surface area contributed by atoms with Gasteiger partial charge in [-0.2, -0.15) is 0 Å². The summed E-state index contributed by atoms with van der Waals surface area (Å²) < 4.78 is 0. The summed E-state index contributed by atoms with van der Waals surface area (Å²) in [6.07, 6.45) is 3.99. The van der Waals surface area contributed by atoms with E-state index < -0.39 is 0 Å². The molecule has 0 aliphatic heterocycles. The summed E-state index contributed by atoms with van der Waals surface area (Å²) in [4.78, 5) is 14.0. The van der Waals surface area contributed by atoms with Crippen molar-refractivity contribution in [2.24, 2.45) is 10.9 Å². The first-order valence-electron chi connectivity index (χ1n) is 3.60. The van der Waals surface area contributed by atoms with Crippen molar-refractivity contribution in [2.45, 2.75) is 20.8 Å². The minimum Gasteiger partial charge on any atom is -0.331 e. The lowest BCUT2D eigenvalue weighted by molar-refractivity contribution is -0.109. The Balaban J connectivity index is 4.18. The van der Waals surface area contributed by atoms with Crippen molar-refractivity contribution in [1.82, 2.24) is 5.32 Å². The Morgan fingerprint density at radius 2 is 2.18 bits per heavy atom. The predicted molar refractivity (Wildman–Crippen MR) is 46.3 cm³/mol. The van der Waals surface area contributed by atoms with Gasteiger partial charge in [-0.3, -0.25) is 9.79 Å². The van der Waals surface area contributed by atoms with Crippen molar-refractivity contribution in [3.63, 3.8) is 0 Å². The topological polar surface area (TPSA) is 41.5 Å². The van der Waals surface area contributed by atoms with Crippen LogP contribution in [-0.2, 0) is 4.79 Å². The fourth-order valence-corrected chi connectivity index (χ4v) is 0.576. The summed E-state index contributed by atoms with van der Waals surface area (Å²) in [6.45, 7) is 5.82. The third kappa shape index (κ3) is 4.31.